The van der Waals surface area contributed by atoms with Gasteiger partial charge < -0.3 is 0 Å². The fourth-order valence-corrected chi connectivity index (χ4v) is 7.98. The van der Waals surface area contributed by atoms with E-state index in [1.54, 1.807) is 21.7 Å². The average molecular weight is 687 g/mol. The molecule has 0 bridgehead atoms. The number of amides is 1. The van der Waals surface area contributed by atoms with Crippen LogP contribution in [0.4, 0.5) is 5.00 Å². The number of allylic oxidation sites excluding steroid dienone is 2. The molecule has 3 heterocycles. The van der Waals surface area contributed by atoms with E-state index in [1.165, 1.54) is 11.3 Å². The lowest BCUT2D eigenvalue weighted by Crippen LogP contribution is -2.32. The molecule has 48 heavy (non-hydrogen) atoms. The first kappa shape index (κ1) is 31.6. The first-order chi connectivity index (χ1) is 23.2. The molecule has 0 N–H and O–H groups in total. The fourth-order valence-electron chi connectivity index (χ4n) is 6.13. The fraction of sp³-hybridized carbons (Fsp3) is 0.128. The van der Waals surface area contributed by atoms with Crippen molar-refractivity contribution in [2.24, 2.45) is 4.99 Å². The van der Waals surface area contributed by atoms with Gasteiger partial charge in [0, 0.05) is 32.0 Å². The number of carbonyl (C=O) groups excluding carboxylic acids is 1. The van der Waals surface area contributed by atoms with Crippen molar-refractivity contribution >= 4 is 69.5 Å². The Bertz CT molecular complexity index is 2250. The SMILES string of the molecule is Cc1nn(-c2ccccc2)c(Cl)c1/C=C\C1=Cc2c(sc(N3C(=O)/C(=C\c4ccccc4Cl)N=C3c3ccccc3)c2C#N)C(C)(C)C1. The third-order valence-corrected chi connectivity index (χ3v) is 10.7. The molecular weight excluding hydrogens is 657 g/mol. The van der Waals surface area contributed by atoms with Crippen LogP contribution in [0.25, 0.3) is 23.9 Å². The summed E-state index contributed by atoms with van der Waals surface area (Å²) < 4.78 is 1.74. The Morgan fingerprint density at radius 1 is 0.958 bits per heavy atom. The first-order valence-electron chi connectivity index (χ1n) is 15.4. The van der Waals surface area contributed by atoms with Crippen LogP contribution in [-0.4, -0.2) is 21.5 Å². The summed E-state index contributed by atoms with van der Waals surface area (Å²) in [5.74, 6) is 0.155. The number of aryl methyl sites for hydroxylation is 1. The lowest BCUT2D eigenvalue weighted by Gasteiger charge is -2.29. The van der Waals surface area contributed by atoms with Gasteiger partial charge in [0.2, 0.25) is 0 Å². The number of carbonyl (C=O) groups is 1. The van der Waals surface area contributed by atoms with Crippen molar-refractivity contribution in [2.45, 2.75) is 32.6 Å². The quantitative estimate of drug-likeness (QED) is 0.167. The molecule has 7 rings (SSSR count). The van der Waals surface area contributed by atoms with E-state index in [2.05, 4.69) is 37.2 Å². The number of fused-ring (bicyclic) bond motifs is 1. The molecule has 1 amide bonds. The molecular formula is C39H29Cl2N5OS. The summed E-state index contributed by atoms with van der Waals surface area (Å²) in [5, 5.41) is 16.9. The number of anilines is 1. The predicted molar refractivity (Wildman–Crippen MR) is 197 cm³/mol. The van der Waals surface area contributed by atoms with Crippen LogP contribution in [0.15, 0.2) is 107 Å². The van der Waals surface area contributed by atoms with Gasteiger partial charge in [-0.3, -0.25) is 4.79 Å². The number of nitriles is 1. The third kappa shape index (κ3) is 5.62. The summed E-state index contributed by atoms with van der Waals surface area (Å²) in [6.45, 7) is 6.27. The van der Waals surface area contributed by atoms with Gasteiger partial charge in [-0.2, -0.15) is 10.4 Å². The van der Waals surface area contributed by atoms with E-state index in [-0.39, 0.29) is 17.0 Å². The highest BCUT2D eigenvalue weighted by Gasteiger charge is 2.40. The number of thiophene rings is 1. The Morgan fingerprint density at radius 3 is 2.35 bits per heavy atom. The lowest BCUT2D eigenvalue weighted by atomic mass is 9.77. The first-order valence-corrected chi connectivity index (χ1v) is 16.9. The highest BCUT2D eigenvalue weighted by atomic mass is 35.5. The topological polar surface area (TPSA) is 74.3 Å². The standard InChI is InChI=1S/C39H29Cl2N5OS/c1-24-29(35(41)46(44-24)28-15-8-5-9-16-28)19-18-25-20-30-31(23-42)38(48-34(30)39(2,3)22-25)45-36(26-12-6-4-7-13-26)43-33(37(45)47)21-27-14-10-11-17-32(27)40/h4-21H,22H2,1-3H3/b19-18-,33-21+. The number of benzene rings is 3. The minimum absolute atomic E-state index is 0.249. The molecule has 0 unspecified atom stereocenters. The maximum atomic E-state index is 14.2. The molecule has 5 aromatic rings. The van der Waals surface area contributed by atoms with Gasteiger partial charge in [-0.25, -0.2) is 14.6 Å². The predicted octanol–water partition coefficient (Wildman–Crippen LogP) is 10.0. The molecule has 9 heteroatoms. The maximum Gasteiger partial charge on any atom is 0.283 e. The number of rotatable bonds is 6. The highest BCUT2D eigenvalue weighted by Crippen LogP contribution is 2.50. The second kappa shape index (κ2) is 12.6. The van der Waals surface area contributed by atoms with Crippen LogP contribution < -0.4 is 4.90 Å². The molecule has 0 spiro atoms. The van der Waals surface area contributed by atoms with Gasteiger partial charge in [-0.05, 0) is 60.9 Å². The van der Waals surface area contributed by atoms with Crippen molar-refractivity contribution in [3.05, 3.63) is 151 Å². The number of nitrogens with zero attached hydrogens (tertiary/aromatic N) is 5. The Hall–Kier alpha value is -5.00. The van der Waals surface area contributed by atoms with E-state index in [0.29, 0.717) is 32.1 Å². The highest BCUT2D eigenvalue weighted by molar-refractivity contribution is 7.17. The molecule has 0 saturated carbocycles. The molecule has 1 aliphatic carbocycles. The Kier molecular flexibility index (Phi) is 8.26. The summed E-state index contributed by atoms with van der Waals surface area (Å²) in [5.41, 5.74) is 6.23. The van der Waals surface area contributed by atoms with E-state index < -0.39 is 0 Å². The van der Waals surface area contributed by atoms with Crippen LogP contribution >= 0.6 is 34.5 Å². The molecule has 0 fully saturated rings. The zero-order valence-electron chi connectivity index (χ0n) is 26.4. The second-order valence-corrected chi connectivity index (χ2v) is 14.0. The van der Waals surface area contributed by atoms with Gasteiger partial charge in [0.05, 0.1) is 16.9 Å². The van der Waals surface area contributed by atoms with E-state index in [4.69, 9.17) is 28.2 Å². The maximum absolute atomic E-state index is 14.2. The van der Waals surface area contributed by atoms with Gasteiger partial charge in [-0.15, -0.1) is 11.3 Å². The number of hydrogen-bond acceptors (Lipinski definition) is 5. The van der Waals surface area contributed by atoms with E-state index >= 15 is 0 Å². The largest absolute Gasteiger partial charge is 0.283 e. The van der Waals surface area contributed by atoms with Crippen molar-refractivity contribution in [1.29, 1.82) is 5.26 Å². The minimum atomic E-state index is -0.314. The normalized spacial score (nSPS) is 16.3. The molecule has 0 saturated heterocycles. The van der Waals surface area contributed by atoms with Crippen molar-refractivity contribution in [2.75, 3.05) is 4.90 Å². The number of amidine groups is 1. The molecule has 3 aromatic carbocycles. The Morgan fingerprint density at radius 2 is 1.65 bits per heavy atom. The number of para-hydroxylation sites is 1. The smallest absolute Gasteiger partial charge is 0.266 e. The van der Waals surface area contributed by atoms with Gasteiger partial charge in [0.25, 0.3) is 5.91 Å². The molecule has 6 nitrogen and oxygen atoms in total. The third-order valence-electron chi connectivity index (χ3n) is 8.43. The van der Waals surface area contributed by atoms with Crippen LogP contribution in [0.1, 0.15) is 58.7 Å². The van der Waals surface area contributed by atoms with Crippen LogP contribution in [0.2, 0.25) is 10.2 Å². The number of aliphatic imine (C=N–C) groups is 1. The monoisotopic (exact) mass is 685 g/mol. The summed E-state index contributed by atoms with van der Waals surface area (Å²) >= 11 is 14.7. The van der Waals surface area contributed by atoms with Crippen molar-refractivity contribution < 1.29 is 4.79 Å². The lowest BCUT2D eigenvalue weighted by molar-refractivity contribution is -0.113. The van der Waals surface area contributed by atoms with Crippen LogP contribution in [0.5, 0.6) is 0 Å². The molecule has 0 radical (unpaired) electrons. The molecule has 2 aromatic heterocycles. The van der Waals surface area contributed by atoms with Crippen LogP contribution in [0.3, 0.4) is 0 Å². The number of halogens is 2. The molecule has 1 aliphatic heterocycles. The Balaban J connectivity index is 1.31. The second-order valence-electron chi connectivity index (χ2n) is 12.3. The van der Waals surface area contributed by atoms with Gasteiger partial charge in [0.15, 0.2) is 0 Å². The van der Waals surface area contributed by atoms with Crippen LogP contribution in [0, 0.1) is 18.3 Å². The number of aromatic nitrogens is 2. The minimum Gasteiger partial charge on any atom is -0.266 e. The van der Waals surface area contributed by atoms with E-state index in [1.807, 2.05) is 91.9 Å². The summed E-state index contributed by atoms with van der Waals surface area (Å²) in [6.07, 6.45) is 8.53. The molecule has 0 atom stereocenters. The zero-order chi connectivity index (χ0) is 33.6. The van der Waals surface area contributed by atoms with Gasteiger partial charge in [0.1, 0.15) is 27.8 Å². The Labute approximate surface area is 293 Å². The number of hydrogen-bond donors (Lipinski definition) is 0. The molecule has 236 valence electrons. The van der Waals surface area contributed by atoms with Crippen molar-refractivity contribution in [3.8, 4) is 11.8 Å². The van der Waals surface area contributed by atoms with Crippen LogP contribution in [-0.2, 0) is 10.2 Å². The summed E-state index contributed by atoms with van der Waals surface area (Å²) in [6, 6.07) is 29.1. The van der Waals surface area contributed by atoms with E-state index in [9.17, 15) is 10.1 Å². The van der Waals surface area contributed by atoms with E-state index in [0.717, 1.165) is 44.9 Å². The van der Waals surface area contributed by atoms with Crippen molar-refractivity contribution in [1.82, 2.24) is 9.78 Å². The van der Waals surface area contributed by atoms with Gasteiger partial charge in [-0.1, -0.05) is 110 Å². The van der Waals surface area contributed by atoms with Gasteiger partial charge >= 0.3 is 0 Å². The van der Waals surface area contributed by atoms with Crippen molar-refractivity contribution in [3.63, 3.8) is 0 Å². The molecule has 2 aliphatic rings. The average Bonchev–Trinajstić information content (AvgIpc) is 3.71. The zero-order valence-corrected chi connectivity index (χ0v) is 28.7. The summed E-state index contributed by atoms with van der Waals surface area (Å²) in [4.78, 5) is 21.6. The summed E-state index contributed by atoms with van der Waals surface area (Å²) in [7, 11) is 0.